The second-order valence-electron chi connectivity index (χ2n) is 4.71. The highest BCUT2D eigenvalue weighted by Gasteiger charge is 2.17. The minimum Gasteiger partial charge on any atom is -0.497 e. The fourth-order valence-electron chi connectivity index (χ4n) is 1.45. The average Bonchev–Trinajstić information content (AvgIpc) is 2.59. The van der Waals surface area contributed by atoms with Gasteiger partial charge in [0.15, 0.2) is 0 Å². The van der Waals surface area contributed by atoms with Gasteiger partial charge in [0.1, 0.15) is 11.4 Å². The van der Waals surface area contributed by atoms with E-state index in [-0.39, 0.29) is 5.41 Å². The summed E-state index contributed by atoms with van der Waals surface area (Å²) in [4.78, 5) is 4.58. The molecule has 0 radical (unpaired) electrons. The Kier molecular flexibility index (Phi) is 2.18. The van der Waals surface area contributed by atoms with E-state index < -0.39 is 0 Å². The molecule has 15 heavy (non-hydrogen) atoms. The molecule has 0 aliphatic rings. The van der Waals surface area contributed by atoms with E-state index in [1.165, 1.54) is 0 Å². The zero-order valence-corrected chi connectivity index (χ0v) is 9.61. The quantitative estimate of drug-likeness (QED) is 0.714. The first kappa shape index (κ1) is 10.0. The maximum Gasteiger partial charge on any atom is 0.140 e. The molecule has 3 nitrogen and oxygen atoms in total. The van der Waals surface area contributed by atoms with Gasteiger partial charge in [-0.05, 0) is 6.07 Å². The van der Waals surface area contributed by atoms with Crippen LogP contribution in [0.25, 0.3) is 5.65 Å². The molecule has 2 heterocycles. The van der Waals surface area contributed by atoms with Gasteiger partial charge < -0.3 is 9.14 Å². The summed E-state index contributed by atoms with van der Waals surface area (Å²) in [6, 6.07) is 3.87. The molecule has 0 aliphatic carbocycles. The normalized spacial score (nSPS) is 12.0. The predicted octanol–water partition coefficient (Wildman–Crippen LogP) is 2.64. The van der Waals surface area contributed by atoms with Gasteiger partial charge in [-0.3, -0.25) is 0 Å². The van der Waals surface area contributed by atoms with Gasteiger partial charge >= 0.3 is 0 Å². The molecule has 0 saturated carbocycles. The maximum atomic E-state index is 5.16. The molecule has 0 unspecified atom stereocenters. The van der Waals surface area contributed by atoms with Crippen LogP contribution in [-0.2, 0) is 5.41 Å². The summed E-state index contributed by atoms with van der Waals surface area (Å²) in [6.07, 6.45) is 4.03. The van der Waals surface area contributed by atoms with E-state index in [9.17, 15) is 0 Å². The summed E-state index contributed by atoms with van der Waals surface area (Å²) in [7, 11) is 1.67. The van der Waals surface area contributed by atoms with Crippen molar-refractivity contribution in [3.05, 3.63) is 30.2 Å². The summed E-state index contributed by atoms with van der Waals surface area (Å²) in [5.41, 5.74) is 2.11. The monoisotopic (exact) mass is 204 g/mol. The third-order valence-electron chi connectivity index (χ3n) is 2.44. The Morgan fingerprint density at radius 2 is 2.07 bits per heavy atom. The molecule has 0 aromatic carbocycles. The van der Waals surface area contributed by atoms with E-state index in [1.807, 2.05) is 22.7 Å². The van der Waals surface area contributed by atoms with Gasteiger partial charge in [0, 0.05) is 23.9 Å². The standard InChI is InChI=1S/C12H16N2O/c1-12(2,3)10-8-14-6-5-9(15-4)7-11(14)13-10/h5-8H,1-4H3. The number of pyridine rings is 1. The number of imidazole rings is 1. The lowest BCUT2D eigenvalue weighted by molar-refractivity contribution is 0.414. The Morgan fingerprint density at radius 1 is 1.33 bits per heavy atom. The Morgan fingerprint density at radius 3 is 2.67 bits per heavy atom. The second-order valence-corrected chi connectivity index (χ2v) is 4.71. The number of fused-ring (bicyclic) bond motifs is 1. The molecule has 0 aliphatic heterocycles. The molecule has 0 spiro atoms. The van der Waals surface area contributed by atoms with E-state index in [0.717, 1.165) is 17.1 Å². The largest absolute Gasteiger partial charge is 0.497 e. The lowest BCUT2D eigenvalue weighted by atomic mass is 9.93. The molecule has 2 rings (SSSR count). The fourth-order valence-corrected chi connectivity index (χ4v) is 1.45. The lowest BCUT2D eigenvalue weighted by Gasteiger charge is -2.13. The molecule has 0 bridgehead atoms. The Balaban J connectivity index is 2.56. The first-order chi connectivity index (χ1) is 7.00. The number of hydrogen-bond donors (Lipinski definition) is 0. The highest BCUT2D eigenvalue weighted by atomic mass is 16.5. The van der Waals surface area contributed by atoms with Crippen molar-refractivity contribution >= 4 is 5.65 Å². The van der Waals surface area contributed by atoms with Crippen LogP contribution >= 0.6 is 0 Å². The van der Waals surface area contributed by atoms with Gasteiger partial charge in [0.2, 0.25) is 0 Å². The molecule has 2 aromatic heterocycles. The third kappa shape index (κ3) is 1.82. The highest BCUT2D eigenvalue weighted by Crippen LogP contribution is 2.22. The van der Waals surface area contributed by atoms with Crippen molar-refractivity contribution in [1.29, 1.82) is 0 Å². The maximum absolute atomic E-state index is 5.16. The average molecular weight is 204 g/mol. The molecular formula is C12H16N2O. The lowest BCUT2D eigenvalue weighted by Crippen LogP contribution is -2.11. The van der Waals surface area contributed by atoms with Crippen LogP contribution in [0.2, 0.25) is 0 Å². The van der Waals surface area contributed by atoms with Crippen molar-refractivity contribution in [2.24, 2.45) is 0 Å². The van der Waals surface area contributed by atoms with Crippen molar-refractivity contribution in [2.75, 3.05) is 7.11 Å². The molecule has 0 amide bonds. The van der Waals surface area contributed by atoms with Crippen LogP contribution < -0.4 is 4.74 Å². The Hall–Kier alpha value is -1.51. The minimum atomic E-state index is 0.0826. The molecule has 0 fully saturated rings. The smallest absolute Gasteiger partial charge is 0.140 e. The van der Waals surface area contributed by atoms with Crippen LogP contribution in [0.3, 0.4) is 0 Å². The van der Waals surface area contributed by atoms with Crippen LogP contribution in [-0.4, -0.2) is 16.5 Å². The zero-order chi connectivity index (χ0) is 11.1. The van der Waals surface area contributed by atoms with Gasteiger partial charge in [0.05, 0.1) is 12.8 Å². The van der Waals surface area contributed by atoms with Crippen LogP contribution in [0.1, 0.15) is 26.5 Å². The van der Waals surface area contributed by atoms with E-state index in [4.69, 9.17) is 4.74 Å². The predicted molar refractivity (Wildman–Crippen MR) is 60.4 cm³/mol. The van der Waals surface area contributed by atoms with Crippen molar-refractivity contribution in [1.82, 2.24) is 9.38 Å². The van der Waals surface area contributed by atoms with Crippen molar-refractivity contribution in [3.63, 3.8) is 0 Å². The highest BCUT2D eigenvalue weighted by molar-refractivity contribution is 5.46. The molecule has 3 heteroatoms. The van der Waals surface area contributed by atoms with Gasteiger partial charge in [0.25, 0.3) is 0 Å². The van der Waals surface area contributed by atoms with Crippen LogP contribution in [0, 0.1) is 0 Å². The minimum absolute atomic E-state index is 0.0826. The fraction of sp³-hybridized carbons (Fsp3) is 0.417. The summed E-state index contributed by atoms with van der Waals surface area (Å²) in [5, 5.41) is 0. The summed E-state index contributed by atoms with van der Waals surface area (Å²) < 4.78 is 7.18. The molecule has 0 N–H and O–H groups in total. The number of hydrogen-bond acceptors (Lipinski definition) is 2. The SMILES string of the molecule is COc1ccn2cc(C(C)(C)C)nc2c1. The topological polar surface area (TPSA) is 26.5 Å². The summed E-state index contributed by atoms with van der Waals surface area (Å²) in [6.45, 7) is 6.48. The molecule has 80 valence electrons. The summed E-state index contributed by atoms with van der Waals surface area (Å²) in [5.74, 6) is 0.841. The van der Waals surface area contributed by atoms with Crippen LogP contribution in [0.15, 0.2) is 24.5 Å². The zero-order valence-electron chi connectivity index (χ0n) is 9.61. The Labute approximate surface area is 89.7 Å². The number of aromatic nitrogens is 2. The van der Waals surface area contributed by atoms with E-state index in [2.05, 4.69) is 32.0 Å². The number of nitrogens with zero attached hydrogens (tertiary/aromatic N) is 2. The van der Waals surface area contributed by atoms with Gasteiger partial charge in [-0.25, -0.2) is 4.98 Å². The number of ether oxygens (including phenoxy) is 1. The van der Waals surface area contributed by atoms with Crippen LogP contribution in [0.4, 0.5) is 0 Å². The second kappa shape index (κ2) is 3.26. The molecule has 2 aromatic rings. The first-order valence-corrected chi connectivity index (χ1v) is 5.04. The van der Waals surface area contributed by atoms with E-state index >= 15 is 0 Å². The molecular weight excluding hydrogens is 188 g/mol. The van der Waals surface area contributed by atoms with Crippen molar-refractivity contribution in [3.8, 4) is 5.75 Å². The number of methoxy groups -OCH3 is 1. The van der Waals surface area contributed by atoms with Gasteiger partial charge in [-0.2, -0.15) is 0 Å². The van der Waals surface area contributed by atoms with E-state index in [0.29, 0.717) is 0 Å². The number of rotatable bonds is 1. The molecule has 0 atom stereocenters. The van der Waals surface area contributed by atoms with Gasteiger partial charge in [-0.1, -0.05) is 20.8 Å². The molecule has 0 saturated heterocycles. The summed E-state index contributed by atoms with van der Waals surface area (Å²) >= 11 is 0. The Bertz CT molecular complexity index is 480. The van der Waals surface area contributed by atoms with Gasteiger partial charge in [-0.15, -0.1) is 0 Å². The van der Waals surface area contributed by atoms with E-state index in [1.54, 1.807) is 7.11 Å². The third-order valence-corrected chi connectivity index (χ3v) is 2.44. The van der Waals surface area contributed by atoms with Crippen molar-refractivity contribution < 1.29 is 4.74 Å². The van der Waals surface area contributed by atoms with Crippen molar-refractivity contribution in [2.45, 2.75) is 26.2 Å². The van der Waals surface area contributed by atoms with Crippen LogP contribution in [0.5, 0.6) is 5.75 Å². The first-order valence-electron chi connectivity index (χ1n) is 5.04.